The maximum Gasteiger partial charge on any atom is 0.131 e. The number of nitrogens with zero attached hydrogens (tertiary/aromatic N) is 1. The summed E-state index contributed by atoms with van der Waals surface area (Å²) in [5.74, 6) is -0.0489. The molecule has 3 nitrogen and oxygen atoms in total. The molecule has 3 rings (SSSR count). The van der Waals surface area contributed by atoms with Gasteiger partial charge in [-0.15, -0.1) is 0 Å². The number of fused-ring (bicyclic) bond motifs is 1. The number of hydrogen-bond acceptors (Lipinski definition) is 3. The van der Waals surface area contributed by atoms with Crippen LogP contribution in [-0.2, 0) is 4.74 Å². The van der Waals surface area contributed by atoms with Crippen molar-refractivity contribution in [2.75, 3.05) is 6.61 Å². The summed E-state index contributed by atoms with van der Waals surface area (Å²) in [4.78, 5) is 4.58. The highest BCUT2D eigenvalue weighted by Gasteiger charge is 2.06. The number of phenols is 1. The Labute approximate surface area is 184 Å². The molecular formula is C27H32FNO2. The molecule has 1 heterocycles. The summed E-state index contributed by atoms with van der Waals surface area (Å²) in [5, 5.41) is 10.4. The predicted octanol–water partition coefficient (Wildman–Crippen LogP) is 7.53. The average molecular weight is 422 g/mol. The van der Waals surface area contributed by atoms with E-state index in [1.807, 2.05) is 30.4 Å². The second-order valence-corrected chi connectivity index (χ2v) is 8.03. The third-order valence-electron chi connectivity index (χ3n) is 5.40. The Morgan fingerprint density at radius 2 is 1.94 bits per heavy atom. The Morgan fingerprint density at radius 3 is 2.74 bits per heavy atom. The zero-order valence-electron chi connectivity index (χ0n) is 18.5. The normalized spacial score (nSPS) is 12.6. The fourth-order valence-corrected chi connectivity index (χ4v) is 3.55. The summed E-state index contributed by atoms with van der Waals surface area (Å²) < 4.78 is 20.4. The van der Waals surface area contributed by atoms with E-state index in [1.165, 1.54) is 18.9 Å². The molecule has 1 atom stereocenters. The van der Waals surface area contributed by atoms with E-state index in [1.54, 1.807) is 24.3 Å². The zero-order chi connectivity index (χ0) is 22.1. The van der Waals surface area contributed by atoms with E-state index in [-0.39, 0.29) is 17.7 Å². The van der Waals surface area contributed by atoms with E-state index in [2.05, 4.69) is 18.8 Å². The van der Waals surface area contributed by atoms with Gasteiger partial charge in [0.15, 0.2) is 0 Å². The van der Waals surface area contributed by atoms with Crippen LogP contribution in [0.15, 0.2) is 54.6 Å². The van der Waals surface area contributed by atoms with Crippen LogP contribution in [0.25, 0.3) is 28.2 Å². The van der Waals surface area contributed by atoms with Gasteiger partial charge >= 0.3 is 0 Å². The Hall–Kier alpha value is -2.72. The largest absolute Gasteiger partial charge is 0.508 e. The van der Waals surface area contributed by atoms with Crippen LogP contribution in [0.3, 0.4) is 0 Å². The molecule has 3 aromatic rings. The number of halogens is 1. The number of benzene rings is 2. The van der Waals surface area contributed by atoms with Crippen LogP contribution in [0.4, 0.5) is 4.39 Å². The molecule has 0 saturated heterocycles. The van der Waals surface area contributed by atoms with Crippen LogP contribution < -0.4 is 0 Å². The number of ether oxygens (including phenoxy) is 1. The van der Waals surface area contributed by atoms with Gasteiger partial charge in [-0.05, 0) is 62.9 Å². The first-order valence-electron chi connectivity index (χ1n) is 11.2. The lowest BCUT2D eigenvalue weighted by atomic mass is 10.1. The number of allylic oxidation sites excluding steroid dienone is 1. The fraction of sp³-hybridized carbons (Fsp3) is 0.370. The molecule has 2 aromatic carbocycles. The molecule has 4 heteroatoms. The maximum absolute atomic E-state index is 14.6. The van der Waals surface area contributed by atoms with Gasteiger partial charge in [-0.25, -0.2) is 9.37 Å². The summed E-state index contributed by atoms with van der Waals surface area (Å²) in [7, 11) is 0. The average Bonchev–Trinajstić information content (AvgIpc) is 2.77. The molecule has 0 amide bonds. The summed E-state index contributed by atoms with van der Waals surface area (Å²) in [6.07, 6.45) is 10.7. The van der Waals surface area contributed by atoms with Gasteiger partial charge in [0.05, 0.1) is 17.3 Å². The van der Waals surface area contributed by atoms with Crippen molar-refractivity contribution >= 4 is 17.0 Å². The molecule has 0 saturated carbocycles. The number of aromatic hydroxyl groups is 1. The first-order valence-corrected chi connectivity index (χ1v) is 11.2. The molecule has 0 aliphatic rings. The van der Waals surface area contributed by atoms with Crippen LogP contribution in [0.1, 0.15) is 57.9 Å². The first kappa shape index (κ1) is 23.0. The van der Waals surface area contributed by atoms with E-state index in [0.717, 1.165) is 48.8 Å². The lowest BCUT2D eigenvalue weighted by molar-refractivity contribution is 0.0566. The molecule has 1 unspecified atom stereocenters. The predicted molar refractivity (Wildman–Crippen MR) is 127 cm³/mol. The molecule has 164 valence electrons. The van der Waals surface area contributed by atoms with Crippen LogP contribution in [-0.4, -0.2) is 22.8 Å². The quantitative estimate of drug-likeness (QED) is 0.325. The van der Waals surface area contributed by atoms with E-state index < -0.39 is 0 Å². The molecular weight excluding hydrogens is 389 g/mol. The molecule has 1 N–H and O–H groups in total. The number of aromatic nitrogens is 1. The molecule has 0 aliphatic carbocycles. The fourth-order valence-electron chi connectivity index (χ4n) is 3.55. The molecule has 1 aromatic heterocycles. The molecule has 0 spiro atoms. The number of hydrogen-bond donors (Lipinski definition) is 1. The topological polar surface area (TPSA) is 42.4 Å². The highest BCUT2D eigenvalue weighted by Crippen LogP contribution is 2.25. The summed E-state index contributed by atoms with van der Waals surface area (Å²) in [5.41, 5.74) is 2.79. The minimum atomic E-state index is -0.256. The second kappa shape index (κ2) is 11.6. The minimum absolute atomic E-state index is 0.207. The van der Waals surface area contributed by atoms with Gasteiger partial charge in [0, 0.05) is 23.1 Å². The van der Waals surface area contributed by atoms with Crippen LogP contribution in [0.5, 0.6) is 5.75 Å². The van der Waals surface area contributed by atoms with Gasteiger partial charge in [0.25, 0.3) is 0 Å². The molecule has 0 radical (unpaired) electrons. The van der Waals surface area contributed by atoms with Gasteiger partial charge < -0.3 is 9.84 Å². The van der Waals surface area contributed by atoms with Gasteiger partial charge in [0.1, 0.15) is 11.6 Å². The van der Waals surface area contributed by atoms with Gasteiger partial charge in [0.2, 0.25) is 0 Å². The Bertz CT molecular complexity index is 1020. The Balaban J connectivity index is 1.53. The van der Waals surface area contributed by atoms with Gasteiger partial charge in [-0.2, -0.15) is 0 Å². The first-order chi connectivity index (χ1) is 15.1. The van der Waals surface area contributed by atoms with Crippen LogP contribution in [0.2, 0.25) is 0 Å². The number of unbranched alkanes of at least 4 members (excludes halogenated alkanes) is 3. The lowest BCUT2D eigenvalue weighted by Crippen LogP contribution is -2.08. The standard InChI is InChI=1S/C27H32FNO2/c1-3-4-8-17-31-20(2)9-6-5-7-10-21-11-12-23(19-25(21)28)26-15-13-22-18-24(30)14-16-27(22)29-26/h7,10-16,18-20,30H,3-6,8-9,17H2,1-2H3. The number of rotatable bonds is 11. The SMILES string of the molecule is CCCCCOC(C)CCCC=Cc1ccc(-c2ccc3cc(O)ccc3n2)cc1F. The smallest absolute Gasteiger partial charge is 0.131 e. The van der Waals surface area contributed by atoms with Crippen molar-refractivity contribution in [3.8, 4) is 17.0 Å². The van der Waals surface area contributed by atoms with Crippen molar-refractivity contribution in [1.29, 1.82) is 0 Å². The third kappa shape index (κ3) is 6.90. The van der Waals surface area contributed by atoms with E-state index in [4.69, 9.17) is 4.74 Å². The molecule has 0 aliphatic heterocycles. The van der Waals surface area contributed by atoms with Crippen LogP contribution in [0, 0.1) is 5.82 Å². The summed E-state index contributed by atoms with van der Waals surface area (Å²) >= 11 is 0. The van der Waals surface area contributed by atoms with Crippen molar-refractivity contribution in [2.45, 2.75) is 58.5 Å². The molecule has 0 fully saturated rings. The van der Waals surface area contributed by atoms with Crippen LogP contribution >= 0.6 is 0 Å². The summed E-state index contributed by atoms with van der Waals surface area (Å²) in [6, 6.07) is 14.0. The van der Waals surface area contributed by atoms with Crippen molar-refractivity contribution in [1.82, 2.24) is 4.98 Å². The van der Waals surface area contributed by atoms with Crippen molar-refractivity contribution in [3.05, 3.63) is 66.0 Å². The second-order valence-electron chi connectivity index (χ2n) is 8.03. The van der Waals surface area contributed by atoms with Crippen molar-refractivity contribution < 1.29 is 14.2 Å². The highest BCUT2D eigenvalue weighted by molar-refractivity contribution is 5.82. The minimum Gasteiger partial charge on any atom is -0.508 e. The lowest BCUT2D eigenvalue weighted by Gasteiger charge is -2.12. The highest BCUT2D eigenvalue weighted by atomic mass is 19.1. The van der Waals surface area contributed by atoms with Crippen molar-refractivity contribution in [2.24, 2.45) is 0 Å². The van der Waals surface area contributed by atoms with E-state index >= 15 is 0 Å². The van der Waals surface area contributed by atoms with Gasteiger partial charge in [-0.1, -0.05) is 50.1 Å². The Morgan fingerprint density at radius 1 is 1.06 bits per heavy atom. The molecule has 31 heavy (non-hydrogen) atoms. The summed E-state index contributed by atoms with van der Waals surface area (Å²) in [6.45, 7) is 5.16. The molecule has 0 bridgehead atoms. The number of pyridine rings is 1. The zero-order valence-corrected chi connectivity index (χ0v) is 18.5. The van der Waals surface area contributed by atoms with Gasteiger partial charge in [-0.3, -0.25) is 0 Å². The Kier molecular flexibility index (Phi) is 8.60. The number of phenolic OH excluding ortho intramolecular Hbond substituents is 1. The van der Waals surface area contributed by atoms with E-state index in [0.29, 0.717) is 11.3 Å². The van der Waals surface area contributed by atoms with E-state index in [9.17, 15) is 9.50 Å². The monoisotopic (exact) mass is 421 g/mol. The third-order valence-corrected chi connectivity index (χ3v) is 5.40. The van der Waals surface area contributed by atoms with Crippen molar-refractivity contribution in [3.63, 3.8) is 0 Å². The maximum atomic E-state index is 14.6.